The van der Waals surface area contributed by atoms with Crippen LogP contribution in [0, 0.1) is 5.92 Å². The van der Waals surface area contributed by atoms with Crippen molar-refractivity contribution >= 4 is 12.0 Å². The lowest BCUT2D eigenvalue weighted by Crippen LogP contribution is -2.17. The largest absolute Gasteiger partial charge is 0.391 e. The molecule has 1 saturated carbocycles. The second kappa shape index (κ2) is 2.08. The van der Waals surface area contributed by atoms with E-state index in [9.17, 15) is 4.79 Å². The Kier molecular flexibility index (Phi) is 1.22. The molecule has 3 heteroatoms. The monoisotopic (exact) mass is 139 g/mol. The number of oxime groups is 1. The van der Waals surface area contributed by atoms with Gasteiger partial charge in [-0.2, -0.15) is 0 Å². The van der Waals surface area contributed by atoms with Crippen LogP contribution in [-0.4, -0.2) is 18.1 Å². The van der Waals surface area contributed by atoms with Crippen LogP contribution in [0.4, 0.5) is 0 Å². The molecule has 0 radical (unpaired) electrons. The Hall–Kier alpha value is -0.860. The highest BCUT2D eigenvalue weighted by Gasteiger charge is 2.37. The highest BCUT2D eigenvalue weighted by molar-refractivity contribution is 6.29. The lowest BCUT2D eigenvalue weighted by molar-refractivity contribution is -0.102. The SMILES string of the molecule is O=CC1=NOC2CCCC12. The standard InChI is InChI=1S/C7H9NO2/c9-4-6-5-2-1-3-7(5)10-8-6/h4-5,7H,1-3H2. The molecule has 2 rings (SSSR count). The molecule has 54 valence electrons. The molecule has 2 unspecified atom stereocenters. The van der Waals surface area contributed by atoms with Crippen molar-refractivity contribution in [2.24, 2.45) is 11.1 Å². The van der Waals surface area contributed by atoms with Crippen LogP contribution in [0.15, 0.2) is 5.16 Å². The maximum absolute atomic E-state index is 10.3. The Morgan fingerprint density at radius 3 is 3.30 bits per heavy atom. The molecular formula is C7H9NO2. The summed E-state index contributed by atoms with van der Waals surface area (Å²) in [6.07, 6.45) is 4.34. The van der Waals surface area contributed by atoms with E-state index in [1.165, 1.54) is 6.42 Å². The third-order valence-corrected chi connectivity index (χ3v) is 2.25. The van der Waals surface area contributed by atoms with Crippen LogP contribution in [0.25, 0.3) is 0 Å². The molecule has 10 heavy (non-hydrogen) atoms. The molecule has 1 fully saturated rings. The summed E-state index contributed by atoms with van der Waals surface area (Å²) >= 11 is 0. The number of nitrogens with zero attached hydrogens (tertiary/aromatic N) is 1. The van der Waals surface area contributed by atoms with Crippen LogP contribution in [0.5, 0.6) is 0 Å². The van der Waals surface area contributed by atoms with Crippen LogP contribution < -0.4 is 0 Å². The van der Waals surface area contributed by atoms with E-state index in [0.29, 0.717) is 11.6 Å². The molecule has 3 nitrogen and oxygen atoms in total. The minimum Gasteiger partial charge on any atom is -0.391 e. The van der Waals surface area contributed by atoms with Gasteiger partial charge in [-0.05, 0) is 19.3 Å². The molecule has 0 amide bonds. The third kappa shape index (κ3) is 0.664. The first-order valence-corrected chi connectivity index (χ1v) is 3.60. The summed E-state index contributed by atoms with van der Waals surface area (Å²) < 4.78 is 0. The van der Waals surface area contributed by atoms with Crippen molar-refractivity contribution in [3.8, 4) is 0 Å². The highest BCUT2D eigenvalue weighted by Crippen LogP contribution is 2.33. The first-order chi connectivity index (χ1) is 4.92. The summed E-state index contributed by atoms with van der Waals surface area (Å²) in [5.41, 5.74) is 0.613. The van der Waals surface area contributed by atoms with Gasteiger partial charge in [-0.25, -0.2) is 0 Å². The van der Waals surface area contributed by atoms with Crippen molar-refractivity contribution in [2.75, 3.05) is 0 Å². The zero-order valence-electron chi connectivity index (χ0n) is 5.62. The average Bonchev–Trinajstić information content (AvgIpc) is 2.44. The molecular weight excluding hydrogens is 130 g/mol. The molecule has 1 aliphatic carbocycles. The number of aldehydes is 1. The number of hydrogen-bond donors (Lipinski definition) is 0. The van der Waals surface area contributed by atoms with Crippen molar-refractivity contribution in [3.63, 3.8) is 0 Å². The van der Waals surface area contributed by atoms with E-state index in [4.69, 9.17) is 4.84 Å². The molecule has 0 bridgehead atoms. The summed E-state index contributed by atoms with van der Waals surface area (Å²) in [5, 5.41) is 3.69. The highest BCUT2D eigenvalue weighted by atomic mass is 16.6. The van der Waals surface area contributed by atoms with Gasteiger partial charge in [0.15, 0.2) is 6.29 Å². The quantitative estimate of drug-likeness (QED) is 0.502. The first-order valence-electron chi connectivity index (χ1n) is 3.60. The second-order valence-electron chi connectivity index (χ2n) is 2.82. The van der Waals surface area contributed by atoms with Gasteiger partial charge in [0.1, 0.15) is 11.8 Å². The van der Waals surface area contributed by atoms with Crippen LogP contribution in [-0.2, 0) is 9.63 Å². The summed E-state index contributed by atoms with van der Waals surface area (Å²) in [4.78, 5) is 15.4. The molecule has 0 spiro atoms. The second-order valence-corrected chi connectivity index (χ2v) is 2.82. The fourth-order valence-corrected chi connectivity index (χ4v) is 1.70. The van der Waals surface area contributed by atoms with Crippen molar-refractivity contribution in [1.29, 1.82) is 0 Å². The van der Waals surface area contributed by atoms with E-state index in [0.717, 1.165) is 19.1 Å². The maximum atomic E-state index is 10.3. The van der Waals surface area contributed by atoms with E-state index in [-0.39, 0.29) is 6.10 Å². The molecule has 0 aromatic rings. The molecule has 1 aliphatic heterocycles. The molecule has 2 aliphatic rings. The van der Waals surface area contributed by atoms with E-state index >= 15 is 0 Å². The van der Waals surface area contributed by atoms with Crippen LogP contribution in [0.1, 0.15) is 19.3 Å². The Balaban J connectivity index is 2.17. The first kappa shape index (κ1) is 5.89. The maximum Gasteiger partial charge on any atom is 0.168 e. The Bertz CT molecular complexity index is 188. The zero-order chi connectivity index (χ0) is 6.97. The van der Waals surface area contributed by atoms with Crippen molar-refractivity contribution in [2.45, 2.75) is 25.4 Å². The lowest BCUT2D eigenvalue weighted by atomic mass is 10.0. The van der Waals surface area contributed by atoms with Crippen molar-refractivity contribution < 1.29 is 9.63 Å². The van der Waals surface area contributed by atoms with Crippen molar-refractivity contribution in [3.05, 3.63) is 0 Å². The van der Waals surface area contributed by atoms with E-state index in [1.54, 1.807) is 0 Å². The molecule has 1 heterocycles. The van der Waals surface area contributed by atoms with E-state index < -0.39 is 0 Å². The summed E-state index contributed by atoms with van der Waals surface area (Å²) in [7, 11) is 0. The number of carbonyl (C=O) groups excluding carboxylic acids is 1. The minimum atomic E-state index is 0.222. The molecule has 2 atom stereocenters. The van der Waals surface area contributed by atoms with Gasteiger partial charge in [-0.15, -0.1) is 0 Å². The topological polar surface area (TPSA) is 38.7 Å². The molecule has 0 N–H and O–H groups in total. The minimum absolute atomic E-state index is 0.222. The van der Waals surface area contributed by atoms with E-state index in [2.05, 4.69) is 5.16 Å². The fourth-order valence-electron chi connectivity index (χ4n) is 1.70. The Morgan fingerprint density at radius 1 is 1.60 bits per heavy atom. The van der Waals surface area contributed by atoms with Crippen molar-refractivity contribution in [1.82, 2.24) is 0 Å². The summed E-state index contributed by atoms with van der Waals surface area (Å²) in [6.45, 7) is 0. The van der Waals surface area contributed by atoms with Gasteiger partial charge < -0.3 is 4.84 Å². The van der Waals surface area contributed by atoms with Crippen LogP contribution >= 0.6 is 0 Å². The Labute approximate surface area is 59.0 Å². The van der Waals surface area contributed by atoms with Gasteiger partial charge in [-0.1, -0.05) is 5.16 Å². The van der Waals surface area contributed by atoms with Crippen LogP contribution in [0.3, 0.4) is 0 Å². The number of rotatable bonds is 1. The third-order valence-electron chi connectivity index (χ3n) is 2.25. The van der Waals surface area contributed by atoms with Gasteiger partial charge in [0.05, 0.1) is 0 Å². The molecule has 0 aromatic heterocycles. The fraction of sp³-hybridized carbons (Fsp3) is 0.714. The molecule has 0 saturated heterocycles. The zero-order valence-corrected chi connectivity index (χ0v) is 5.62. The number of carbonyl (C=O) groups is 1. The molecule has 0 aromatic carbocycles. The number of fused-ring (bicyclic) bond motifs is 1. The Morgan fingerprint density at radius 2 is 2.50 bits per heavy atom. The summed E-state index contributed by atoms with van der Waals surface area (Å²) in [6, 6.07) is 0. The van der Waals surface area contributed by atoms with Gasteiger partial charge >= 0.3 is 0 Å². The smallest absolute Gasteiger partial charge is 0.168 e. The summed E-state index contributed by atoms with van der Waals surface area (Å²) in [5.74, 6) is 0.317. The normalized spacial score (nSPS) is 36.6. The van der Waals surface area contributed by atoms with Crippen LogP contribution in [0.2, 0.25) is 0 Å². The van der Waals surface area contributed by atoms with E-state index in [1.807, 2.05) is 0 Å². The van der Waals surface area contributed by atoms with Gasteiger partial charge in [0.2, 0.25) is 0 Å². The average molecular weight is 139 g/mol. The lowest BCUT2D eigenvalue weighted by Gasteiger charge is -2.03. The predicted octanol–water partition coefficient (Wildman–Crippen LogP) is 0.740. The number of hydrogen-bond acceptors (Lipinski definition) is 3. The van der Waals surface area contributed by atoms with Gasteiger partial charge in [0, 0.05) is 5.92 Å². The van der Waals surface area contributed by atoms with Gasteiger partial charge in [0.25, 0.3) is 0 Å². The van der Waals surface area contributed by atoms with Gasteiger partial charge in [-0.3, -0.25) is 4.79 Å². The predicted molar refractivity (Wildman–Crippen MR) is 35.7 cm³/mol.